The topological polar surface area (TPSA) is 94.9 Å². The molecule has 2 saturated heterocycles. The Balaban J connectivity index is 1.27. The zero-order valence-electron chi connectivity index (χ0n) is 17.8. The highest BCUT2D eigenvalue weighted by molar-refractivity contribution is 6.10. The highest BCUT2D eigenvalue weighted by Crippen LogP contribution is 2.33. The van der Waals surface area contributed by atoms with Crippen LogP contribution in [0.2, 0.25) is 0 Å². The number of hydrogen-bond donors (Lipinski definition) is 2. The van der Waals surface area contributed by atoms with Crippen molar-refractivity contribution in [2.45, 2.75) is 25.3 Å². The molecule has 1 atom stereocenters. The lowest BCUT2D eigenvalue weighted by Crippen LogP contribution is -2.41. The number of furan rings is 1. The first kappa shape index (κ1) is 20.1. The Kier molecular flexibility index (Phi) is 4.84. The van der Waals surface area contributed by atoms with Gasteiger partial charge < -0.3 is 20.0 Å². The second kappa shape index (κ2) is 7.71. The first-order valence-corrected chi connectivity index (χ1v) is 10.7. The Morgan fingerprint density at radius 3 is 2.53 bits per heavy atom. The molecule has 3 heterocycles. The molecule has 0 saturated carbocycles. The molecule has 1 aromatic heterocycles. The van der Waals surface area contributed by atoms with Crippen molar-refractivity contribution in [1.82, 2.24) is 10.2 Å². The molecule has 32 heavy (non-hydrogen) atoms. The van der Waals surface area contributed by atoms with Crippen molar-refractivity contribution in [1.29, 1.82) is 0 Å². The molecule has 0 aliphatic carbocycles. The summed E-state index contributed by atoms with van der Waals surface area (Å²) >= 11 is 0. The van der Waals surface area contributed by atoms with Gasteiger partial charge in [-0.2, -0.15) is 0 Å². The van der Waals surface area contributed by atoms with Gasteiger partial charge in [0.25, 0.3) is 5.91 Å². The minimum absolute atomic E-state index is 0.331. The fourth-order valence-corrected chi connectivity index (χ4v) is 4.31. The van der Waals surface area contributed by atoms with E-state index in [-0.39, 0.29) is 6.54 Å². The van der Waals surface area contributed by atoms with E-state index in [9.17, 15) is 14.4 Å². The van der Waals surface area contributed by atoms with Crippen LogP contribution in [0, 0.1) is 0 Å². The number of nitrogens with one attached hydrogen (secondary N) is 2. The Bertz CT molecular complexity index is 1160. The van der Waals surface area contributed by atoms with E-state index in [4.69, 9.17) is 4.42 Å². The van der Waals surface area contributed by atoms with Gasteiger partial charge in [0, 0.05) is 29.9 Å². The molecule has 2 aromatic carbocycles. The first-order chi connectivity index (χ1) is 15.4. The van der Waals surface area contributed by atoms with Gasteiger partial charge in [-0.05, 0) is 56.2 Å². The molecule has 5 rings (SSSR count). The largest absolute Gasteiger partial charge is 0.458 e. The summed E-state index contributed by atoms with van der Waals surface area (Å²) in [5.74, 6) is -0.644. The number of anilines is 2. The Hall–Kier alpha value is -3.81. The molecule has 2 aliphatic heterocycles. The van der Waals surface area contributed by atoms with Gasteiger partial charge in [0.05, 0.1) is 0 Å². The van der Waals surface area contributed by atoms with E-state index in [0.717, 1.165) is 29.1 Å². The van der Waals surface area contributed by atoms with E-state index in [1.165, 1.54) is 12.8 Å². The molecular weight excluding hydrogens is 408 g/mol. The minimum atomic E-state index is -1.37. The number of carbonyl (C=O) groups excluding carboxylic acids is 3. The highest BCUT2D eigenvalue weighted by Gasteiger charge is 2.51. The number of amides is 4. The maximum Gasteiger partial charge on any atom is 0.325 e. The fourth-order valence-electron chi connectivity index (χ4n) is 4.31. The fraction of sp³-hybridized carbons (Fsp3) is 0.292. The van der Waals surface area contributed by atoms with Crippen LogP contribution in [0.3, 0.4) is 0 Å². The van der Waals surface area contributed by atoms with Gasteiger partial charge >= 0.3 is 6.03 Å². The SMILES string of the molecule is CC1(c2cc3ccccc3o2)NC(=O)N(CC(=O)Nc2ccc(N3CCCC3)cc2)C1=O. The average molecular weight is 432 g/mol. The number of benzene rings is 2. The van der Waals surface area contributed by atoms with Gasteiger partial charge in [-0.3, -0.25) is 14.5 Å². The lowest BCUT2D eigenvalue weighted by atomic mass is 9.99. The molecular formula is C24H24N4O4. The average Bonchev–Trinajstić information content (AvgIpc) is 3.51. The molecule has 0 spiro atoms. The number of nitrogens with zero attached hydrogens (tertiary/aromatic N) is 2. The van der Waals surface area contributed by atoms with Crippen LogP contribution in [0.4, 0.5) is 16.2 Å². The van der Waals surface area contributed by atoms with Crippen LogP contribution >= 0.6 is 0 Å². The Morgan fingerprint density at radius 1 is 1.09 bits per heavy atom. The highest BCUT2D eigenvalue weighted by atomic mass is 16.3. The third-order valence-corrected chi connectivity index (χ3v) is 6.12. The third kappa shape index (κ3) is 3.47. The van der Waals surface area contributed by atoms with Crippen molar-refractivity contribution in [2.24, 2.45) is 0 Å². The maximum atomic E-state index is 13.1. The Morgan fingerprint density at radius 2 is 1.81 bits per heavy atom. The molecule has 164 valence electrons. The number of rotatable bonds is 5. The standard InChI is InChI=1S/C24H24N4O4/c1-24(20-14-16-6-2-3-7-19(16)32-20)22(30)28(23(31)26-24)15-21(29)25-17-8-10-18(11-9-17)27-12-4-5-13-27/h2-3,6-11,14H,4-5,12-13,15H2,1H3,(H,25,29)(H,26,31). The number of urea groups is 1. The summed E-state index contributed by atoms with van der Waals surface area (Å²) in [6, 6.07) is 16.1. The Labute approximate surface area is 185 Å². The van der Waals surface area contributed by atoms with Crippen LogP contribution in [0.25, 0.3) is 11.0 Å². The van der Waals surface area contributed by atoms with E-state index in [1.807, 2.05) is 42.5 Å². The van der Waals surface area contributed by atoms with Crippen LogP contribution in [0.5, 0.6) is 0 Å². The lowest BCUT2D eigenvalue weighted by molar-refractivity contribution is -0.134. The molecule has 8 heteroatoms. The smallest absolute Gasteiger partial charge is 0.325 e. The van der Waals surface area contributed by atoms with Crippen molar-refractivity contribution in [3.63, 3.8) is 0 Å². The predicted octanol–water partition coefficient (Wildman–Crippen LogP) is 3.44. The van der Waals surface area contributed by atoms with Gasteiger partial charge in [0.1, 0.15) is 17.9 Å². The molecule has 4 amide bonds. The molecule has 1 unspecified atom stereocenters. The minimum Gasteiger partial charge on any atom is -0.458 e. The van der Waals surface area contributed by atoms with Crippen LogP contribution < -0.4 is 15.5 Å². The van der Waals surface area contributed by atoms with E-state index >= 15 is 0 Å². The third-order valence-electron chi connectivity index (χ3n) is 6.12. The zero-order valence-corrected chi connectivity index (χ0v) is 17.8. The van der Waals surface area contributed by atoms with E-state index in [2.05, 4.69) is 15.5 Å². The summed E-state index contributed by atoms with van der Waals surface area (Å²) in [5, 5.41) is 6.27. The van der Waals surface area contributed by atoms with Crippen molar-refractivity contribution in [3.05, 3.63) is 60.4 Å². The molecule has 2 fully saturated rings. The van der Waals surface area contributed by atoms with Crippen LogP contribution in [0.15, 0.2) is 59.0 Å². The van der Waals surface area contributed by atoms with Crippen molar-refractivity contribution in [3.8, 4) is 0 Å². The van der Waals surface area contributed by atoms with Gasteiger partial charge in [-0.25, -0.2) is 4.79 Å². The molecule has 8 nitrogen and oxygen atoms in total. The summed E-state index contributed by atoms with van der Waals surface area (Å²) in [6.07, 6.45) is 2.38. The normalized spacial score (nSPS) is 20.8. The summed E-state index contributed by atoms with van der Waals surface area (Å²) in [4.78, 5) is 41.4. The first-order valence-electron chi connectivity index (χ1n) is 10.7. The molecule has 2 aliphatic rings. The number of hydrogen-bond acceptors (Lipinski definition) is 5. The summed E-state index contributed by atoms with van der Waals surface area (Å²) in [7, 11) is 0. The maximum absolute atomic E-state index is 13.1. The van der Waals surface area contributed by atoms with Crippen LogP contribution in [-0.2, 0) is 15.1 Å². The lowest BCUT2D eigenvalue weighted by Gasteiger charge is -2.19. The van der Waals surface area contributed by atoms with Gasteiger partial charge in [0.15, 0.2) is 5.54 Å². The van der Waals surface area contributed by atoms with Crippen molar-refractivity contribution < 1.29 is 18.8 Å². The number of para-hydroxylation sites is 1. The monoisotopic (exact) mass is 432 g/mol. The van der Waals surface area contributed by atoms with Crippen molar-refractivity contribution in [2.75, 3.05) is 29.9 Å². The van der Waals surface area contributed by atoms with E-state index < -0.39 is 23.4 Å². The molecule has 3 aromatic rings. The predicted molar refractivity (Wildman–Crippen MR) is 120 cm³/mol. The van der Waals surface area contributed by atoms with Crippen LogP contribution in [0.1, 0.15) is 25.5 Å². The van der Waals surface area contributed by atoms with Gasteiger partial charge in [-0.1, -0.05) is 18.2 Å². The number of fused-ring (bicyclic) bond motifs is 1. The summed E-state index contributed by atoms with van der Waals surface area (Å²) in [5.41, 5.74) is 0.994. The molecule has 0 bridgehead atoms. The molecule has 2 N–H and O–H groups in total. The van der Waals surface area contributed by atoms with E-state index in [1.54, 1.807) is 19.1 Å². The quantitative estimate of drug-likeness (QED) is 0.603. The number of imide groups is 1. The van der Waals surface area contributed by atoms with Crippen molar-refractivity contribution >= 4 is 40.2 Å². The second-order valence-electron chi connectivity index (χ2n) is 8.38. The summed E-state index contributed by atoms with van der Waals surface area (Å²) in [6.45, 7) is 3.29. The zero-order chi connectivity index (χ0) is 22.3. The summed E-state index contributed by atoms with van der Waals surface area (Å²) < 4.78 is 5.81. The molecule has 0 radical (unpaired) electrons. The van der Waals surface area contributed by atoms with E-state index in [0.29, 0.717) is 17.0 Å². The van der Waals surface area contributed by atoms with Crippen LogP contribution in [-0.4, -0.2) is 42.4 Å². The number of carbonyl (C=O) groups is 3. The van der Waals surface area contributed by atoms with Gasteiger partial charge in [-0.15, -0.1) is 0 Å². The van der Waals surface area contributed by atoms with Gasteiger partial charge in [0.2, 0.25) is 5.91 Å². The second-order valence-corrected chi connectivity index (χ2v) is 8.38.